The highest BCUT2D eigenvalue weighted by atomic mass is 16.1. The molecule has 1 rings (SSSR count). The van der Waals surface area contributed by atoms with Crippen molar-refractivity contribution in [3.63, 3.8) is 0 Å². The highest BCUT2D eigenvalue weighted by Crippen LogP contribution is 1.84. The van der Waals surface area contributed by atoms with Gasteiger partial charge in [0.1, 0.15) is 0 Å². The van der Waals surface area contributed by atoms with Crippen molar-refractivity contribution < 1.29 is 4.79 Å². The molecule has 0 fully saturated rings. The standard InChI is InChI=1S/C10H15N3O2/c1-3-9(14)12-4-5-13-7-11-6-8(2)10(13)15/h6-7H,3-5H2,1-2H3,(H,12,14). The van der Waals surface area contributed by atoms with Gasteiger partial charge in [-0.2, -0.15) is 0 Å². The number of hydrogen-bond acceptors (Lipinski definition) is 3. The van der Waals surface area contributed by atoms with Crippen molar-refractivity contribution >= 4 is 5.91 Å². The molecular formula is C10H15N3O2. The van der Waals surface area contributed by atoms with Crippen LogP contribution in [0.2, 0.25) is 0 Å². The molecule has 0 saturated heterocycles. The molecule has 1 N–H and O–H groups in total. The first-order chi connectivity index (χ1) is 7.15. The van der Waals surface area contributed by atoms with Crippen molar-refractivity contribution in [1.29, 1.82) is 0 Å². The largest absolute Gasteiger partial charge is 0.354 e. The van der Waals surface area contributed by atoms with E-state index in [9.17, 15) is 9.59 Å². The highest BCUT2D eigenvalue weighted by Gasteiger charge is 2.00. The van der Waals surface area contributed by atoms with E-state index in [-0.39, 0.29) is 11.5 Å². The summed E-state index contributed by atoms with van der Waals surface area (Å²) in [7, 11) is 0. The zero-order chi connectivity index (χ0) is 11.3. The molecule has 0 aromatic carbocycles. The quantitative estimate of drug-likeness (QED) is 0.763. The Hall–Kier alpha value is -1.65. The summed E-state index contributed by atoms with van der Waals surface area (Å²) < 4.78 is 1.49. The van der Waals surface area contributed by atoms with Crippen LogP contribution in [0.15, 0.2) is 17.3 Å². The maximum absolute atomic E-state index is 11.5. The number of aromatic nitrogens is 2. The second kappa shape index (κ2) is 5.29. The van der Waals surface area contributed by atoms with Crippen molar-refractivity contribution in [3.8, 4) is 0 Å². The molecule has 1 aromatic rings. The van der Waals surface area contributed by atoms with Gasteiger partial charge in [0.15, 0.2) is 0 Å². The van der Waals surface area contributed by atoms with Gasteiger partial charge in [-0.25, -0.2) is 4.98 Å². The van der Waals surface area contributed by atoms with Crippen LogP contribution < -0.4 is 10.9 Å². The number of nitrogens with zero attached hydrogens (tertiary/aromatic N) is 2. The number of carbonyl (C=O) groups excluding carboxylic acids is 1. The zero-order valence-electron chi connectivity index (χ0n) is 8.99. The van der Waals surface area contributed by atoms with Crippen LogP contribution in [0.25, 0.3) is 0 Å². The molecule has 0 saturated carbocycles. The molecule has 82 valence electrons. The summed E-state index contributed by atoms with van der Waals surface area (Å²) in [5, 5.41) is 2.70. The minimum absolute atomic E-state index is 0.0105. The Labute approximate surface area is 88.1 Å². The number of carbonyl (C=O) groups is 1. The minimum atomic E-state index is -0.0595. The summed E-state index contributed by atoms with van der Waals surface area (Å²) >= 11 is 0. The molecule has 0 aliphatic rings. The van der Waals surface area contributed by atoms with E-state index in [1.807, 2.05) is 0 Å². The first-order valence-corrected chi connectivity index (χ1v) is 4.93. The van der Waals surface area contributed by atoms with Crippen molar-refractivity contribution in [2.45, 2.75) is 26.8 Å². The molecule has 1 amide bonds. The molecule has 0 bridgehead atoms. The van der Waals surface area contributed by atoms with Gasteiger partial charge < -0.3 is 5.32 Å². The maximum atomic E-state index is 11.5. The molecule has 1 aromatic heterocycles. The van der Waals surface area contributed by atoms with Crippen molar-refractivity contribution in [1.82, 2.24) is 14.9 Å². The molecule has 0 aliphatic heterocycles. The number of hydrogen-bond donors (Lipinski definition) is 1. The van der Waals surface area contributed by atoms with E-state index in [1.54, 1.807) is 13.8 Å². The van der Waals surface area contributed by atoms with E-state index in [0.29, 0.717) is 25.1 Å². The third kappa shape index (κ3) is 3.19. The van der Waals surface area contributed by atoms with E-state index < -0.39 is 0 Å². The van der Waals surface area contributed by atoms with Crippen LogP contribution in [0.5, 0.6) is 0 Å². The molecule has 15 heavy (non-hydrogen) atoms. The van der Waals surface area contributed by atoms with Crippen molar-refractivity contribution in [3.05, 3.63) is 28.4 Å². The van der Waals surface area contributed by atoms with Gasteiger partial charge in [0.25, 0.3) is 5.56 Å². The average molecular weight is 209 g/mol. The predicted molar refractivity (Wildman–Crippen MR) is 56.5 cm³/mol. The maximum Gasteiger partial charge on any atom is 0.256 e. The van der Waals surface area contributed by atoms with Crippen LogP contribution in [0, 0.1) is 6.92 Å². The fraction of sp³-hybridized carbons (Fsp3) is 0.500. The van der Waals surface area contributed by atoms with Gasteiger partial charge in [0.2, 0.25) is 5.91 Å². The van der Waals surface area contributed by atoms with Crippen LogP contribution >= 0.6 is 0 Å². The lowest BCUT2D eigenvalue weighted by Crippen LogP contribution is -2.31. The Bertz CT molecular complexity index is 398. The van der Waals surface area contributed by atoms with Crippen LogP contribution in [-0.2, 0) is 11.3 Å². The predicted octanol–water partition coefficient (Wildman–Crippen LogP) is 0.0779. The Balaban J connectivity index is 2.55. The first kappa shape index (κ1) is 11.4. The van der Waals surface area contributed by atoms with Crippen molar-refractivity contribution in [2.75, 3.05) is 6.54 Å². The second-order valence-corrected chi connectivity index (χ2v) is 3.28. The Morgan fingerprint density at radius 3 is 3.00 bits per heavy atom. The minimum Gasteiger partial charge on any atom is -0.354 e. The molecular weight excluding hydrogens is 194 g/mol. The molecule has 0 spiro atoms. The van der Waals surface area contributed by atoms with E-state index in [1.165, 1.54) is 17.1 Å². The summed E-state index contributed by atoms with van der Waals surface area (Å²) in [4.78, 5) is 26.4. The Kier molecular flexibility index (Phi) is 4.03. The first-order valence-electron chi connectivity index (χ1n) is 4.93. The number of nitrogens with one attached hydrogen (secondary N) is 1. The fourth-order valence-corrected chi connectivity index (χ4v) is 1.16. The topological polar surface area (TPSA) is 64.0 Å². The SMILES string of the molecule is CCC(=O)NCCn1cncc(C)c1=O. The van der Waals surface area contributed by atoms with Crippen LogP contribution in [0.4, 0.5) is 0 Å². The monoisotopic (exact) mass is 209 g/mol. The van der Waals surface area contributed by atoms with Gasteiger partial charge in [0, 0.05) is 31.3 Å². The van der Waals surface area contributed by atoms with E-state index in [2.05, 4.69) is 10.3 Å². The third-order valence-corrected chi connectivity index (χ3v) is 2.07. The van der Waals surface area contributed by atoms with Gasteiger partial charge in [-0.05, 0) is 6.92 Å². The molecule has 0 aliphatic carbocycles. The molecule has 0 atom stereocenters. The molecule has 1 heterocycles. The molecule has 5 nitrogen and oxygen atoms in total. The average Bonchev–Trinajstić information content (AvgIpc) is 2.24. The molecule has 0 radical (unpaired) electrons. The smallest absolute Gasteiger partial charge is 0.256 e. The van der Waals surface area contributed by atoms with Crippen LogP contribution in [0.1, 0.15) is 18.9 Å². The van der Waals surface area contributed by atoms with Gasteiger partial charge in [-0.1, -0.05) is 6.92 Å². The van der Waals surface area contributed by atoms with E-state index in [0.717, 1.165) is 0 Å². The van der Waals surface area contributed by atoms with Gasteiger partial charge in [-0.3, -0.25) is 14.2 Å². The van der Waals surface area contributed by atoms with Gasteiger partial charge in [-0.15, -0.1) is 0 Å². The summed E-state index contributed by atoms with van der Waals surface area (Å²) in [5.41, 5.74) is 0.551. The third-order valence-electron chi connectivity index (χ3n) is 2.07. The van der Waals surface area contributed by atoms with E-state index in [4.69, 9.17) is 0 Å². The number of amides is 1. The van der Waals surface area contributed by atoms with Crippen LogP contribution in [-0.4, -0.2) is 22.0 Å². The lowest BCUT2D eigenvalue weighted by molar-refractivity contribution is -0.120. The molecule has 5 heteroatoms. The Morgan fingerprint density at radius 2 is 2.33 bits per heavy atom. The van der Waals surface area contributed by atoms with Gasteiger partial charge in [0.05, 0.1) is 6.33 Å². The summed E-state index contributed by atoms with van der Waals surface area (Å²) in [6, 6.07) is 0. The lowest BCUT2D eigenvalue weighted by atomic mass is 10.4. The second-order valence-electron chi connectivity index (χ2n) is 3.28. The highest BCUT2D eigenvalue weighted by molar-refractivity contribution is 5.75. The number of aryl methyl sites for hydroxylation is 1. The summed E-state index contributed by atoms with van der Waals surface area (Å²) in [6.07, 6.45) is 3.47. The fourth-order valence-electron chi connectivity index (χ4n) is 1.16. The van der Waals surface area contributed by atoms with Crippen LogP contribution in [0.3, 0.4) is 0 Å². The van der Waals surface area contributed by atoms with E-state index >= 15 is 0 Å². The molecule has 0 unspecified atom stereocenters. The lowest BCUT2D eigenvalue weighted by Gasteiger charge is -2.06. The Morgan fingerprint density at radius 1 is 1.60 bits per heavy atom. The van der Waals surface area contributed by atoms with Gasteiger partial charge >= 0.3 is 0 Å². The number of rotatable bonds is 4. The summed E-state index contributed by atoms with van der Waals surface area (Å²) in [6.45, 7) is 4.42. The normalized spacial score (nSPS) is 10.0. The summed E-state index contributed by atoms with van der Waals surface area (Å²) in [5.74, 6) is -0.0105. The van der Waals surface area contributed by atoms with Crippen molar-refractivity contribution in [2.24, 2.45) is 0 Å². The zero-order valence-corrected chi connectivity index (χ0v) is 8.99.